The van der Waals surface area contributed by atoms with Crippen LogP contribution in [0.15, 0.2) is 48.6 Å². The van der Waals surface area contributed by atoms with Gasteiger partial charge in [-0.2, -0.15) is 0 Å². The van der Waals surface area contributed by atoms with E-state index < -0.39 is 12.1 Å². The van der Waals surface area contributed by atoms with Gasteiger partial charge in [-0.05, 0) is 31.8 Å². The number of unbranched alkanes of at least 4 members (excludes halogenated alkanes) is 3. The summed E-state index contributed by atoms with van der Waals surface area (Å²) in [5, 5.41) is 18.1. The van der Waals surface area contributed by atoms with E-state index in [9.17, 15) is 14.7 Å². The van der Waals surface area contributed by atoms with Crippen molar-refractivity contribution < 1.29 is 19.8 Å². The number of carbonyl (C=O) groups is 2. The third-order valence-corrected chi connectivity index (χ3v) is 3.30. The Balaban J connectivity index is 3.83. The predicted molar refractivity (Wildman–Crippen MR) is 97.8 cm³/mol. The zero-order valence-corrected chi connectivity index (χ0v) is 14.6. The van der Waals surface area contributed by atoms with Crippen molar-refractivity contribution in [3.8, 4) is 0 Å². The Morgan fingerprint density at radius 1 is 1.00 bits per heavy atom. The van der Waals surface area contributed by atoms with Crippen LogP contribution < -0.4 is 0 Å². The second-order valence-corrected chi connectivity index (χ2v) is 5.62. The number of hydrogen-bond acceptors (Lipinski definition) is 3. The molecule has 24 heavy (non-hydrogen) atoms. The van der Waals surface area contributed by atoms with Crippen molar-refractivity contribution in [3.63, 3.8) is 0 Å². The Hall–Kier alpha value is -1.94. The van der Waals surface area contributed by atoms with Crippen molar-refractivity contribution in [1.29, 1.82) is 0 Å². The summed E-state index contributed by atoms with van der Waals surface area (Å²) in [6.45, 7) is 2.17. The van der Waals surface area contributed by atoms with Crippen molar-refractivity contribution in [1.82, 2.24) is 0 Å². The molecule has 0 rings (SSSR count). The summed E-state index contributed by atoms with van der Waals surface area (Å²) < 4.78 is 0. The summed E-state index contributed by atoms with van der Waals surface area (Å²) in [5.41, 5.74) is 0. The molecule has 0 unspecified atom stereocenters. The molecule has 0 saturated carbocycles. The molecule has 4 heteroatoms. The van der Waals surface area contributed by atoms with Crippen LogP contribution in [-0.2, 0) is 9.59 Å². The molecule has 134 valence electrons. The first-order valence-electron chi connectivity index (χ1n) is 8.65. The van der Waals surface area contributed by atoms with Gasteiger partial charge < -0.3 is 10.2 Å². The van der Waals surface area contributed by atoms with E-state index in [1.165, 1.54) is 25.3 Å². The molecule has 0 spiro atoms. The van der Waals surface area contributed by atoms with Gasteiger partial charge in [0.05, 0.1) is 6.10 Å². The van der Waals surface area contributed by atoms with E-state index in [0.717, 1.165) is 6.42 Å². The summed E-state index contributed by atoms with van der Waals surface area (Å²) in [5.74, 6) is -0.791. The van der Waals surface area contributed by atoms with Crippen molar-refractivity contribution in [2.75, 3.05) is 0 Å². The first-order valence-corrected chi connectivity index (χ1v) is 8.65. The fraction of sp³-hybridized carbons (Fsp3) is 0.500. The van der Waals surface area contributed by atoms with Gasteiger partial charge in [0, 0.05) is 12.8 Å². The number of rotatable bonds is 14. The molecule has 2 N–H and O–H groups in total. The number of carbonyl (C=O) groups excluding carboxylic acids is 1. The van der Waals surface area contributed by atoms with Crippen LogP contribution in [0, 0.1) is 0 Å². The molecule has 1 atom stereocenters. The second kappa shape index (κ2) is 15.9. The largest absolute Gasteiger partial charge is 0.481 e. The number of aliphatic hydroxyl groups excluding tert-OH is 1. The first kappa shape index (κ1) is 22.1. The maximum Gasteiger partial charge on any atom is 0.303 e. The summed E-state index contributed by atoms with van der Waals surface area (Å²) in [6, 6.07) is 0. The van der Waals surface area contributed by atoms with Gasteiger partial charge in [0.1, 0.15) is 0 Å². The summed E-state index contributed by atoms with van der Waals surface area (Å²) >= 11 is 0. The van der Waals surface area contributed by atoms with Crippen molar-refractivity contribution in [2.24, 2.45) is 0 Å². The Morgan fingerprint density at radius 2 is 1.75 bits per heavy atom. The van der Waals surface area contributed by atoms with Crippen molar-refractivity contribution in [3.05, 3.63) is 48.6 Å². The monoisotopic (exact) mass is 334 g/mol. The molecule has 0 aromatic carbocycles. The fourth-order valence-corrected chi connectivity index (χ4v) is 1.94. The van der Waals surface area contributed by atoms with Gasteiger partial charge in [-0.15, -0.1) is 0 Å². The highest BCUT2D eigenvalue weighted by Crippen LogP contribution is 2.02. The molecule has 4 nitrogen and oxygen atoms in total. The van der Waals surface area contributed by atoms with Crippen LogP contribution in [0.4, 0.5) is 0 Å². The van der Waals surface area contributed by atoms with Crippen LogP contribution in [0.5, 0.6) is 0 Å². The molecular formula is C20H30O4. The maximum atomic E-state index is 11.6. The molecule has 0 aliphatic rings. The lowest BCUT2D eigenvalue weighted by Crippen LogP contribution is -2.03. The first-order chi connectivity index (χ1) is 11.6. The quantitative estimate of drug-likeness (QED) is 0.214. The highest BCUT2D eigenvalue weighted by molar-refractivity contribution is 5.90. The van der Waals surface area contributed by atoms with Crippen LogP contribution >= 0.6 is 0 Å². The van der Waals surface area contributed by atoms with Gasteiger partial charge in [0.15, 0.2) is 5.78 Å². The number of aliphatic carboxylic acids is 1. The SMILES string of the molecule is CCCCC/C=C\CC(=O)\C=C/C=C\C=C\[C@@H](O)CCCC(=O)O. The molecule has 0 amide bonds. The molecule has 0 fully saturated rings. The third kappa shape index (κ3) is 16.4. The lowest BCUT2D eigenvalue weighted by Gasteiger charge is -2.02. The molecule has 0 saturated heterocycles. The van der Waals surface area contributed by atoms with E-state index in [-0.39, 0.29) is 12.2 Å². The molecular weight excluding hydrogens is 304 g/mol. The standard InChI is InChI=1S/C20H30O4/c1-2-3-4-5-6-9-13-18(21)14-10-7-8-11-15-19(22)16-12-17-20(23)24/h6-11,14-15,19,22H,2-5,12-13,16-17H2,1H3,(H,23,24)/b8-7-,9-6-,14-10-,15-11+/t19-/m1/s1. The zero-order valence-electron chi connectivity index (χ0n) is 14.6. The number of carboxylic acid groups (broad SMARTS) is 1. The normalized spacial score (nSPS) is 13.6. The van der Waals surface area contributed by atoms with Gasteiger partial charge in [-0.1, -0.05) is 62.3 Å². The highest BCUT2D eigenvalue weighted by atomic mass is 16.4. The van der Waals surface area contributed by atoms with E-state index in [1.54, 1.807) is 30.4 Å². The average molecular weight is 334 g/mol. The molecule has 0 bridgehead atoms. The topological polar surface area (TPSA) is 74.6 Å². The van der Waals surface area contributed by atoms with Crippen molar-refractivity contribution >= 4 is 11.8 Å². The minimum absolute atomic E-state index is 0.0593. The van der Waals surface area contributed by atoms with E-state index in [1.807, 2.05) is 6.08 Å². The molecule has 0 radical (unpaired) electrons. The zero-order chi connectivity index (χ0) is 18.0. The van der Waals surface area contributed by atoms with Crippen LogP contribution in [0.2, 0.25) is 0 Å². The number of allylic oxidation sites excluding steroid dienone is 7. The molecule has 0 aromatic rings. The Morgan fingerprint density at radius 3 is 2.46 bits per heavy atom. The van der Waals surface area contributed by atoms with E-state index in [0.29, 0.717) is 19.3 Å². The summed E-state index contributed by atoms with van der Waals surface area (Å²) in [7, 11) is 0. The summed E-state index contributed by atoms with van der Waals surface area (Å²) in [4.78, 5) is 21.9. The third-order valence-electron chi connectivity index (χ3n) is 3.30. The van der Waals surface area contributed by atoms with Crippen LogP contribution in [0.1, 0.15) is 58.3 Å². The summed E-state index contributed by atoms with van der Waals surface area (Å²) in [6.07, 6.45) is 19.3. The highest BCUT2D eigenvalue weighted by Gasteiger charge is 2.01. The maximum absolute atomic E-state index is 11.6. The van der Waals surface area contributed by atoms with Crippen LogP contribution in [0.25, 0.3) is 0 Å². The second-order valence-electron chi connectivity index (χ2n) is 5.62. The van der Waals surface area contributed by atoms with Gasteiger partial charge >= 0.3 is 5.97 Å². The smallest absolute Gasteiger partial charge is 0.303 e. The Bertz CT molecular complexity index is 458. The van der Waals surface area contributed by atoms with E-state index >= 15 is 0 Å². The van der Waals surface area contributed by atoms with Gasteiger partial charge in [0.2, 0.25) is 0 Å². The molecule has 0 aliphatic heterocycles. The average Bonchev–Trinajstić information content (AvgIpc) is 2.53. The number of aliphatic hydroxyl groups is 1. The van der Waals surface area contributed by atoms with E-state index in [4.69, 9.17) is 5.11 Å². The van der Waals surface area contributed by atoms with Crippen LogP contribution in [-0.4, -0.2) is 28.1 Å². The number of hydrogen-bond donors (Lipinski definition) is 2. The van der Waals surface area contributed by atoms with Gasteiger partial charge in [0.25, 0.3) is 0 Å². The molecule has 0 heterocycles. The van der Waals surface area contributed by atoms with Gasteiger partial charge in [-0.25, -0.2) is 0 Å². The number of carboxylic acids is 1. The lowest BCUT2D eigenvalue weighted by molar-refractivity contribution is -0.137. The Labute approximate surface area is 145 Å². The minimum atomic E-state index is -0.850. The molecule has 0 aromatic heterocycles. The number of ketones is 1. The van der Waals surface area contributed by atoms with Gasteiger partial charge in [-0.3, -0.25) is 9.59 Å². The predicted octanol–water partition coefficient (Wildman–Crippen LogP) is 4.37. The minimum Gasteiger partial charge on any atom is -0.481 e. The fourth-order valence-electron chi connectivity index (χ4n) is 1.94. The van der Waals surface area contributed by atoms with E-state index in [2.05, 4.69) is 13.0 Å². The lowest BCUT2D eigenvalue weighted by atomic mass is 10.1. The van der Waals surface area contributed by atoms with Crippen LogP contribution in [0.3, 0.4) is 0 Å². The molecule has 0 aliphatic carbocycles. The Kier molecular flexibility index (Phi) is 14.6. The van der Waals surface area contributed by atoms with Crippen molar-refractivity contribution in [2.45, 2.75) is 64.4 Å².